The van der Waals surface area contributed by atoms with Gasteiger partial charge < -0.3 is 0 Å². The largest absolute Gasteiger partial charge is 0.408 e. The van der Waals surface area contributed by atoms with Crippen molar-refractivity contribution >= 4 is 22.6 Å². The molecule has 86 valence electrons. The Hall–Kier alpha value is -1.37. The molecule has 0 radical (unpaired) electrons. The quantitative estimate of drug-likeness (QED) is 0.732. The van der Waals surface area contributed by atoms with Gasteiger partial charge >= 0.3 is 6.18 Å². The molecule has 0 bridgehead atoms. The van der Waals surface area contributed by atoms with Crippen LogP contribution in [0.15, 0.2) is 12.1 Å². The van der Waals surface area contributed by atoms with Gasteiger partial charge in [-0.2, -0.15) is 13.2 Å². The number of hydrogen-bond donors (Lipinski definition) is 0. The van der Waals surface area contributed by atoms with Crippen LogP contribution in [0.3, 0.4) is 0 Å². The Labute approximate surface area is 91.6 Å². The van der Waals surface area contributed by atoms with E-state index in [1.165, 1.54) is 0 Å². The van der Waals surface area contributed by atoms with Crippen LogP contribution < -0.4 is 0 Å². The lowest BCUT2D eigenvalue weighted by Crippen LogP contribution is -2.18. The van der Waals surface area contributed by atoms with Crippen molar-refractivity contribution in [2.75, 3.05) is 0 Å². The van der Waals surface area contributed by atoms with Crippen molar-refractivity contribution in [1.82, 2.24) is 15.0 Å². The molecule has 1 aromatic heterocycles. The Kier molecular flexibility index (Phi) is 2.49. The van der Waals surface area contributed by atoms with Crippen LogP contribution in [-0.4, -0.2) is 21.2 Å². The maximum atomic E-state index is 13.0. The highest BCUT2D eigenvalue weighted by molar-refractivity contribution is 6.31. The third-order valence-electron chi connectivity index (χ3n) is 1.89. The number of rotatable bonds is 1. The van der Waals surface area contributed by atoms with Gasteiger partial charge in [0.2, 0.25) is 0 Å². The maximum Gasteiger partial charge on any atom is 0.408 e. The van der Waals surface area contributed by atoms with Gasteiger partial charge in [0.1, 0.15) is 17.9 Å². The Morgan fingerprint density at radius 2 is 2.00 bits per heavy atom. The molecule has 0 fully saturated rings. The van der Waals surface area contributed by atoms with Crippen LogP contribution in [0.1, 0.15) is 0 Å². The monoisotopic (exact) mass is 253 g/mol. The van der Waals surface area contributed by atoms with Gasteiger partial charge in [-0.3, -0.25) is 0 Å². The standard InChI is InChI=1S/C8H4ClF4N3/c9-4-1-7-6(2-5(4)10)14-15-16(7)3-8(11,12)13/h1-2H,3H2. The lowest BCUT2D eigenvalue weighted by molar-refractivity contribution is -0.142. The fraction of sp³-hybridized carbons (Fsp3) is 0.250. The Morgan fingerprint density at radius 3 is 2.62 bits per heavy atom. The second-order valence-electron chi connectivity index (χ2n) is 3.12. The molecule has 0 unspecified atom stereocenters. The molecule has 0 N–H and O–H groups in total. The van der Waals surface area contributed by atoms with Crippen molar-refractivity contribution in [3.8, 4) is 0 Å². The van der Waals surface area contributed by atoms with Gasteiger partial charge in [0.15, 0.2) is 0 Å². The van der Waals surface area contributed by atoms with Crippen molar-refractivity contribution in [2.24, 2.45) is 0 Å². The first-order valence-electron chi connectivity index (χ1n) is 4.12. The van der Waals surface area contributed by atoms with Gasteiger partial charge in [-0.15, -0.1) is 5.10 Å². The molecule has 0 aliphatic carbocycles. The zero-order valence-electron chi connectivity index (χ0n) is 7.59. The molecule has 16 heavy (non-hydrogen) atoms. The SMILES string of the molecule is Fc1cc2nnn(CC(F)(F)F)c2cc1Cl. The van der Waals surface area contributed by atoms with Gasteiger partial charge in [-0.1, -0.05) is 16.8 Å². The summed E-state index contributed by atoms with van der Waals surface area (Å²) >= 11 is 5.46. The molecule has 0 saturated carbocycles. The Morgan fingerprint density at radius 1 is 1.31 bits per heavy atom. The molecule has 2 rings (SSSR count). The lowest BCUT2D eigenvalue weighted by atomic mass is 10.3. The van der Waals surface area contributed by atoms with E-state index in [9.17, 15) is 17.6 Å². The first-order chi connectivity index (χ1) is 7.37. The highest BCUT2D eigenvalue weighted by Gasteiger charge is 2.29. The summed E-state index contributed by atoms with van der Waals surface area (Å²) < 4.78 is 50.0. The van der Waals surface area contributed by atoms with Crippen LogP contribution >= 0.6 is 11.6 Å². The van der Waals surface area contributed by atoms with E-state index < -0.39 is 18.5 Å². The van der Waals surface area contributed by atoms with Crippen molar-refractivity contribution < 1.29 is 17.6 Å². The fourth-order valence-electron chi connectivity index (χ4n) is 1.25. The van der Waals surface area contributed by atoms with E-state index in [1.54, 1.807) is 0 Å². The summed E-state index contributed by atoms with van der Waals surface area (Å²) in [5.74, 6) is -0.742. The van der Waals surface area contributed by atoms with E-state index in [2.05, 4.69) is 10.3 Å². The maximum absolute atomic E-state index is 13.0. The van der Waals surface area contributed by atoms with Crippen molar-refractivity contribution in [1.29, 1.82) is 0 Å². The second kappa shape index (κ2) is 3.58. The van der Waals surface area contributed by atoms with Crippen LogP contribution in [0.2, 0.25) is 5.02 Å². The molecule has 1 heterocycles. The normalized spacial score (nSPS) is 12.3. The molecule has 1 aromatic carbocycles. The number of hydrogen-bond acceptors (Lipinski definition) is 2. The van der Waals surface area contributed by atoms with Gasteiger partial charge in [-0.05, 0) is 6.07 Å². The summed E-state index contributed by atoms with van der Waals surface area (Å²) in [6.45, 7) is -1.29. The van der Waals surface area contributed by atoms with Gasteiger partial charge in [0.25, 0.3) is 0 Å². The molecule has 2 aromatic rings. The third kappa shape index (κ3) is 2.08. The zero-order chi connectivity index (χ0) is 11.9. The van der Waals surface area contributed by atoms with Crippen LogP contribution in [0.5, 0.6) is 0 Å². The van der Waals surface area contributed by atoms with Gasteiger partial charge in [0, 0.05) is 6.07 Å². The molecule has 3 nitrogen and oxygen atoms in total. The number of fused-ring (bicyclic) bond motifs is 1. The van der Waals surface area contributed by atoms with Gasteiger partial charge in [0.05, 0.1) is 10.5 Å². The summed E-state index contributed by atoms with van der Waals surface area (Å²) in [6, 6.07) is 2.01. The Balaban J connectivity index is 2.52. The average Bonchev–Trinajstić information content (AvgIpc) is 2.47. The topological polar surface area (TPSA) is 30.7 Å². The molecule has 0 saturated heterocycles. The van der Waals surface area contributed by atoms with E-state index >= 15 is 0 Å². The molecule has 0 amide bonds. The Bertz CT molecular complexity index is 534. The van der Waals surface area contributed by atoms with Crippen LogP contribution in [0.4, 0.5) is 17.6 Å². The minimum atomic E-state index is -4.42. The van der Waals surface area contributed by atoms with Crippen LogP contribution in [0.25, 0.3) is 11.0 Å². The molecular formula is C8H4ClF4N3. The third-order valence-corrected chi connectivity index (χ3v) is 2.17. The fourth-order valence-corrected chi connectivity index (χ4v) is 1.41. The van der Waals surface area contributed by atoms with E-state index in [-0.39, 0.29) is 16.1 Å². The number of halogens is 5. The number of alkyl halides is 3. The summed E-state index contributed by atoms with van der Waals surface area (Å²) in [6.07, 6.45) is -4.42. The van der Waals surface area contributed by atoms with Gasteiger partial charge in [-0.25, -0.2) is 9.07 Å². The molecule has 0 aliphatic heterocycles. The van der Waals surface area contributed by atoms with E-state index in [1.807, 2.05) is 0 Å². The number of aromatic nitrogens is 3. The first kappa shape index (κ1) is 11.1. The predicted octanol–water partition coefficient (Wildman–Crippen LogP) is 2.79. The lowest BCUT2D eigenvalue weighted by Gasteiger charge is -2.06. The summed E-state index contributed by atoms with van der Waals surface area (Å²) in [5, 5.41) is 6.44. The highest BCUT2D eigenvalue weighted by atomic mass is 35.5. The molecule has 0 aliphatic rings. The first-order valence-corrected chi connectivity index (χ1v) is 4.49. The van der Waals surface area contributed by atoms with E-state index in [0.717, 1.165) is 12.1 Å². The van der Waals surface area contributed by atoms with Crippen molar-refractivity contribution in [2.45, 2.75) is 12.7 Å². The summed E-state index contributed by atoms with van der Waals surface area (Å²) in [4.78, 5) is 0. The van der Waals surface area contributed by atoms with Crippen molar-refractivity contribution in [3.63, 3.8) is 0 Å². The van der Waals surface area contributed by atoms with Crippen LogP contribution in [-0.2, 0) is 6.54 Å². The minimum absolute atomic E-state index is 0.0335. The van der Waals surface area contributed by atoms with E-state index in [4.69, 9.17) is 11.6 Å². The molecule has 0 atom stereocenters. The molecule has 8 heteroatoms. The number of nitrogens with zero attached hydrogens (tertiary/aromatic N) is 3. The summed E-state index contributed by atoms with van der Waals surface area (Å²) in [5.41, 5.74) is 0.0786. The van der Waals surface area contributed by atoms with Crippen molar-refractivity contribution in [3.05, 3.63) is 23.0 Å². The van der Waals surface area contributed by atoms with Crippen LogP contribution in [0, 0.1) is 5.82 Å². The second-order valence-corrected chi connectivity index (χ2v) is 3.52. The predicted molar refractivity (Wildman–Crippen MR) is 48.6 cm³/mol. The molecular weight excluding hydrogens is 250 g/mol. The minimum Gasteiger partial charge on any atom is -0.235 e. The smallest absolute Gasteiger partial charge is 0.235 e. The average molecular weight is 254 g/mol. The van der Waals surface area contributed by atoms with E-state index in [0.29, 0.717) is 4.68 Å². The molecule has 0 spiro atoms. The highest BCUT2D eigenvalue weighted by Crippen LogP contribution is 2.24. The summed E-state index contributed by atoms with van der Waals surface area (Å²) in [7, 11) is 0. The zero-order valence-corrected chi connectivity index (χ0v) is 8.35. The number of benzene rings is 1.